The van der Waals surface area contributed by atoms with Crippen molar-refractivity contribution in [3.05, 3.63) is 41.0 Å². The molecule has 0 saturated carbocycles. The number of aryl methyl sites for hydroxylation is 1. The molecule has 4 nitrogen and oxygen atoms in total. The van der Waals surface area contributed by atoms with Gasteiger partial charge in [0.2, 0.25) is 0 Å². The van der Waals surface area contributed by atoms with Crippen molar-refractivity contribution < 1.29 is 9.53 Å². The van der Waals surface area contributed by atoms with Gasteiger partial charge in [-0.25, -0.2) is 0 Å². The van der Waals surface area contributed by atoms with Crippen molar-refractivity contribution in [2.45, 2.75) is 39.0 Å². The summed E-state index contributed by atoms with van der Waals surface area (Å²) in [4.78, 5) is 12.4. The molecular formula is C18H26N2O2. The van der Waals surface area contributed by atoms with Crippen LogP contribution in [-0.2, 0) is 0 Å². The van der Waals surface area contributed by atoms with Crippen molar-refractivity contribution in [3.63, 3.8) is 0 Å². The van der Waals surface area contributed by atoms with Gasteiger partial charge in [0.15, 0.2) is 0 Å². The van der Waals surface area contributed by atoms with Crippen molar-refractivity contribution in [3.8, 4) is 5.75 Å². The molecule has 0 atom stereocenters. The Balaban J connectivity index is 1.99. The second kappa shape index (κ2) is 8.59. The number of rotatable bonds is 7. The average molecular weight is 302 g/mol. The van der Waals surface area contributed by atoms with Crippen LogP contribution in [-0.4, -0.2) is 25.6 Å². The topological polar surface area (TPSA) is 64.3 Å². The normalized spacial score (nSPS) is 14.4. The highest BCUT2D eigenvalue weighted by Crippen LogP contribution is 2.21. The van der Waals surface area contributed by atoms with Crippen LogP contribution >= 0.6 is 0 Å². The first kappa shape index (κ1) is 16.6. The van der Waals surface area contributed by atoms with Crippen molar-refractivity contribution in [2.24, 2.45) is 5.73 Å². The molecule has 0 radical (unpaired) electrons. The maximum absolute atomic E-state index is 12.4. The summed E-state index contributed by atoms with van der Waals surface area (Å²) < 4.78 is 5.72. The molecule has 0 saturated heterocycles. The lowest BCUT2D eigenvalue weighted by atomic mass is 9.99. The van der Waals surface area contributed by atoms with E-state index in [1.54, 1.807) is 0 Å². The summed E-state index contributed by atoms with van der Waals surface area (Å²) in [5.41, 5.74) is 8.49. The zero-order chi connectivity index (χ0) is 15.8. The van der Waals surface area contributed by atoms with Crippen LogP contribution in [0.2, 0.25) is 0 Å². The second-order valence-corrected chi connectivity index (χ2v) is 5.78. The fourth-order valence-electron chi connectivity index (χ4n) is 2.56. The summed E-state index contributed by atoms with van der Waals surface area (Å²) in [6.07, 6.45) is 7.73. The van der Waals surface area contributed by atoms with Crippen LogP contribution < -0.4 is 15.8 Å². The van der Waals surface area contributed by atoms with Gasteiger partial charge in [-0.1, -0.05) is 17.7 Å². The highest BCUT2D eigenvalue weighted by Gasteiger charge is 2.13. The summed E-state index contributed by atoms with van der Waals surface area (Å²) in [6.45, 7) is 3.74. The van der Waals surface area contributed by atoms with Gasteiger partial charge in [-0.2, -0.15) is 0 Å². The minimum Gasteiger partial charge on any atom is -0.493 e. The van der Waals surface area contributed by atoms with Gasteiger partial charge in [0, 0.05) is 6.54 Å². The summed E-state index contributed by atoms with van der Waals surface area (Å²) in [5.74, 6) is 0.567. The molecule has 0 aromatic heterocycles. The van der Waals surface area contributed by atoms with Crippen molar-refractivity contribution in [1.29, 1.82) is 0 Å². The monoisotopic (exact) mass is 302 g/mol. The van der Waals surface area contributed by atoms with E-state index in [1.807, 2.05) is 25.1 Å². The van der Waals surface area contributed by atoms with Crippen LogP contribution in [0.15, 0.2) is 29.8 Å². The quantitative estimate of drug-likeness (QED) is 0.601. The van der Waals surface area contributed by atoms with E-state index >= 15 is 0 Å². The molecule has 120 valence electrons. The smallest absolute Gasteiger partial charge is 0.255 e. The van der Waals surface area contributed by atoms with E-state index in [-0.39, 0.29) is 5.91 Å². The van der Waals surface area contributed by atoms with E-state index in [1.165, 1.54) is 18.4 Å². The van der Waals surface area contributed by atoms with Crippen molar-refractivity contribution >= 4 is 5.91 Å². The molecule has 4 heteroatoms. The molecule has 1 aliphatic carbocycles. The van der Waals surface area contributed by atoms with Crippen LogP contribution in [0.5, 0.6) is 5.75 Å². The Kier molecular flexibility index (Phi) is 6.46. The van der Waals surface area contributed by atoms with Gasteiger partial charge in [0.1, 0.15) is 5.75 Å². The number of nitrogens with two attached hydrogens (primary N) is 1. The maximum Gasteiger partial charge on any atom is 0.255 e. The Bertz CT molecular complexity index is 538. The van der Waals surface area contributed by atoms with Crippen LogP contribution in [0, 0.1) is 6.92 Å². The van der Waals surface area contributed by atoms with Gasteiger partial charge in [-0.15, -0.1) is 0 Å². The number of hydrogen-bond donors (Lipinski definition) is 2. The maximum atomic E-state index is 12.4. The molecule has 1 aromatic carbocycles. The number of amides is 1. The summed E-state index contributed by atoms with van der Waals surface area (Å²) in [5, 5.41) is 3.01. The van der Waals surface area contributed by atoms with E-state index in [0.29, 0.717) is 31.0 Å². The molecule has 1 amide bonds. The van der Waals surface area contributed by atoms with E-state index in [0.717, 1.165) is 24.8 Å². The zero-order valence-corrected chi connectivity index (χ0v) is 13.4. The Morgan fingerprint density at radius 2 is 2.23 bits per heavy atom. The molecule has 0 fully saturated rings. The van der Waals surface area contributed by atoms with Gasteiger partial charge >= 0.3 is 0 Å². The number of carbonyl (C=O) groups excluding carboxylic acids is 1. The van der Waals surface area contributed by atoms with Gasteiger partial charge in [0.05, 0.1) is 12.2 Å². The first-order valence-electron chi connectivity index (χ1n) is 8.10. The highest BCUT2D eigenvalue weighted by molar-refractivity contribution is 5.97. The SMILES string of the molecule is Cc1ccc(C(=O)NCC2=CCCCC2)c(OCCCN)c1. The summed E-state index contributed by atoms with van der Waals surface area (Å²) >= 11 is 0. The van der Waals surface area contributed by atoms with Crippen LogP contribution in [0.25, 0.3) is 0 Å². The lowest BCUT2D eigenvalue weighted by Gasteiger charge is -2.15. The standard InChI is InChI=1S/C18H26N2O2/c1-14-8-9-16(17(12-14)22-11-5-10-19)18(21)20-13-15-6-3-2-4-7-15/h6,8-9,12H,2-5,7,10-11,13,19H2,1H3,(H,20,21). The third kappa shape index (κ3) is 4.88. The number of benzene rings is 1. The molecule has 0 heterocycles. The van der Waals surface area contributed by atoms with Crippen LogP contribution in [0.4, 0.5) is 0 Å². The van der Waals surface area contributed by atoms with Crippen molar-refractivity contribution in [2.75, 3.05) is 19.7 Å². The Morgan fingerprint density at radius 3 is 2.95 bits per heavy atom. The molecule has 1 aromatic rings. The van der Waals surface area contributed by atoms with E-state index in [4.69, 9.17) is 10.5 Å². The average Bonchev–Trinajstić information content (AvgIpc) is 2.54. The number of carbonyl (C=O) groups is 1. The zero-order valence-electron chi connectivity index (χ0n) is 13.4. The fourth-order valence-corrected chi connectivity index (χ4v) is 2.56. The van der Waals surface area contributed by atoms with E-state index in [9.17, 15) is 4.79 Å². The van der Waals surface area contributed by atoms with Gasteiger partial charge in [-0.05, 0) is 63.3 Å². The molecular weight excluding hydrogens is 276 g/mol. The first-order valence-corrected chi connectivity index (χ1v) is 8.10. The minimum absolute atomic E-state index is 0.0748. The lowest BCUT2D eigenvalue weighted by Crippen LogP contribution is -2.26. The summed E-state index contributed by atoms with van der Waals surface area (Å²) in [6, 6.07) is 5.67. The van der Waals surface area contributed by atoms with Crippen molar-refractivity contribution in [1.82, 2.24) is 5.32 Å². The summed E-state index contributed by atoms with van der Waals surface area (Å²) in [7, 11) is 0. The number of allylic oxidation sites excluding steroid dienone is 1. The molecule has 0 spiro atoms. The molecule has 22 heavy (non-hydrogen) atoms. The molecule has 3 N–H and O–H groups in total. The molecule has 2 rings (SSSR count). The number of nitrogens with one attached hydrogen (secondary N) is 1. The molecule has 0 unspecified atom stereocenters. The predicted octanol–water partition coefficient (Wildman–Crippen LogP) is 2.95. The fraction of sp³-hybridized carbons (Fsp3) is 0.500. The first-order chi connectivity index (χ1) is 10.7. The Morgan fingerprint density at radius 1 is 1.36 bits per heavy atom. The third-order valence-corrected chi connectivity index (χ3v) is 3.85. The van der Waals surface area contributed by atoms with E-state index < -0.39 is 0 Å². The largest absolute Gasteiger partial charge is 0.493 e. The Labute approximate surface area is 132 Å². The van der Waals surface area contributed by atoms with Gasteiger partial charge in [0.25, 0.3) is 5.91 Å². The van der Waals surface area contributed by atoms with Gasteiger partial charge in [-0.3, -0.25) is 4.79 Å². The highest BCUT2D eigenvalue weighted by atomic mass is 16.5. The molecule has 1 aliphatic rings. The molecule has 0 aliphatic heterocycles. The van der Waals surface area contributed by atoms with Gasteiger partial charge < -0.3 is 15.8 Å². The third-order valence-electron chi connectivity index (χ3n) is 3.85. The van der Waals surface area contributed by atoms with Crippen LogP contribution in [0.1, 0.15) is 48.0 Å². The lowest BCUT2D eigenvalue weighted by molar-refractivity contribution is 0.0952. The molecule has 0 bridgehead atoms. The minimum atomic E-state index is -0.0748. The van der Waals surface area contributed by atoms with E-state index in [2.05, 4.69) is 11.4 Å². The van der Waals surface area contributed by atoms with Crippen LogP contribution in [0.3, 0.4) is 0 Å². The predicted molar refractivity (Wildman–Crippen MR) is 89.2 cm³/mol. The Hall–Kier alpha value is -1.81. The second-order valence-electron chi connectivity index (χ2n) is 5.78. The number of hydrogen-bond acceptors (Lipinski definition) is 3. The number of ether oxygens (including phenoxy) is 1.